The molecule has 0 saturated carbocycles. The first-order valence-electron chi connectivity index (χ1n) is 6.72. The zero-order valence-corrected chi connectivity index (χ0v) is 13.8. The summed E-state index contributed by atoms with van der Waals surface area (Å²) in [6, 6.07) is 13.5. The molecular weight excluding hydrogens is 318 g/mol. The van der Waals surface area contributed by atoms with Crippen molar-refractivity contribution >= 4 is 27.3 Å². The van der Waals surface area contributed by atoms with Gasteiger partial charge in [-0.25, -0.2) is 0 Å². The highest BCUT2D eigenvalue weighted by molar-refractivity contribution is 9.10. The number of rotatable bonds is 6. The highest BCUT2D eigenvalue weighted by Gasteiger charge is 2.19. The second-order valence-electron chi connectivity index (χ2n) is 4.80. The lowest BCUT2D eigenvalue weighted by Crippen LogP contribution is -2.35. The fraction of sp³-hybridized carbons (Fsp3) is 0.375. The third-order valence-electron chi connectivity index (χ3n) is 3.44. The van der Waals surface area contributed by atoms with Gasteiger partial charge in [0.1, 0.15) is 0 Å². The fourth-order valence-corrected chi connectivity index (χ4v) is 3.87. The zero-order chi connectivity index (χ0) is 13.7. The van der Waals surface area contributed by atoms with Crippen LogP contribution in [0.5, 0.6) is 0 Å². The number of nitrogens with one attached hydrogen (secondary N) is 1. The Hall–Kier alpha value is -0.640. The smallest absolute Gasteiger partial charge is 0.0285 e. The summed E-state index contributed by atoms with van der Waals surface area (Å²) >= 11 is 5.36. The van der Waals surface area contributed by atoms with Crippen molar-refractivity contribution < 1.29 is 0 Å². The zero-order valence-electron chi connectivity index (χ0n) is 11.4. The Balaban J connectivity index is 2.11. The molecule has 0 fully saturated rings. The van der Waals surface area contributed by atoms with Crippen molar-refractivity contribution in [2.75, 3.05) is 6.54 Å². The number of thiophene rings is 1. The van der Waals surface area contributed by atoms with Gasteiger partial charge in [0.2, 0.25) is 0 Å². The van der Waals surface area contributed by atoms with Gasteiger partial charge >= 0.3 is 0 Å². The fourth-order valence-electron chi connectivity index (χ4n) is 2.35. The number of likely N-dealkylation sites (N-methyl/N-ethyl adjacent to an activating group) is 1. The number of hydrogen-bond acceptors (Lipinski definition) is 2. The molecule has 0 spiro atoms. The summed E-state index contributed by atoms with van der Waals surface area (Å²) in [5, 5.41) is 5.79. The molecule has 1 aromatic carbocycles. The molecule has 0 aliphatic rings. The first-order valence-corrected chi connectivity index (χ1v) is 8.39. The molecule has 0 saturated heterocycles. The average Bonchev–Trinajstić information content (AvgIpc) is 2.84. The van der Waals surface area contributed by atoms with Crippen LogP contribution < -0.4 is 5.32 Å². The second kappa shape index (κ2) is 7.22. The summed E-state index contributed by atoms with van der Waals surface area (Å²) in [6.45, 7) is 5.49. The van der Waals surface area contributed by atoms with Crippen molar-refractivity contribution in [1.29, 1.82) is 0 Å². The van der Waals surface area contributed by atoms with E-state index in [1.165, 1.54) is 14.9 Å². The third-order valence-corrected chi connectivity index (χ3v) is 5.16. The average molecular weight is 338 g/mol. The summed E-state index contributed by atoms with van der Waals surface area (Å²) in [5.41, 5.74) is 1.41. The monoisotopic (exact) mass is 337 g/mol. The molecule has 1 nitrogen and oxygen atoms in total. The van der Waals surface area contributed by atoms with E-state index in [2.05, 4.69) is 76.9 Å². The Morgan fingerprint density at radius 2 is 2.00 bits per heavy atom. The minimum Gasteiger partial charge on any atom is -0.313 e. The molecule has 1 aromatic heterocycles. The first kappa shape index (κ1) is 14.8. The molecule has 0 amide bonds. The van der Waals surface area contributed by atoms with Crippen molar-refractivity contribution in [2.24, 2.45) is 0 Å². The van der Waals surface area contributed by atoms with Gasteiger partial charge in [-0.05, 0) is 46.4 Å². The van der Waals surface area contributed by atoms with Crippen LogP contribution in [0.15, 0.2) is 46.3 Å². The molecule has 2 atom stereocenters. The van der Waals surface area contributed by atoms with Gasteiger partial charge in [-0.3, -0.25) is 0 Å². The maximum atomic E-state index is 3.63. The van der Waals surface area contributed by atoms with E-state index in [-0.39, 0.29) is 0 Å². The topological polar surface area (TPSA) is 12.0 Å². The van der Waals surface area contributed by atoms with Crippen LogP contribution in [0.2, 0.25) is 0 Å². The SMILES string of the molecule is CCNC(Cc1cc(Br)cs1)C(C)c1ccccc1. The largest absolute Gasteiger partial charge is 0.313 e. The summed E-state index contributed by atoms with van der Waals surface area (Å²) in [5.74, 6) is 0.516. The predicted octanol–water partition coefficient (Wildman–Crippen LogP) is 4.83. The van der Waals surface area contributed by atoms with Crippen molar-refractivity contribution in [3.63, 3.8) is 0 Å². The van der Waals surface area contributed by atoms with Crippen molar-refractivity contribution in [3.8, 4) is 0 Å². The summed E-state index contributed by atoms with van der Waals surface area (Å²) in [7, 11) is 0. The Bertz CT molecular complexity index is 494. The molecule has 2 rings (SSSR count). The van der Waals surface area contributed by atoms with Crippen molar-refractivity contribution in [2.45, 2.75) is 32.2 Å². The van der Waals surface area contributed by atoms with Crippen LogP contribution in [0.4, 0.5) is 0 Å². The Morgan fingerprint density at radius 3 is 2.58 bits per heavy atom. The predicted molar refractivity (Wildman–Crippen MR) is 88.0 cm³/mol. The minimum absolute atomic E-state index is 0.484. The molecule has 1 heterocycles. The van der Waals surface area contributed by atoms with Crippen LogP contribution >= 0.6 is 27.3 Å². The van der Waals surface area contributed by atoms with Crippen LogP contribution in [-0.4, -0.2) is 12.6 Å². The number of hydrogen-bond donors (Lipinski definition) is 1. The summed E-state index contributed by atoms with van der Waals surface area (Å²) in [4.78, 5) is 1.43. The second-order valence-corrected chi connectivity index (χ2v) is 6.71. The molecule has 19 heavy (non-hydrogen) atoms. The van der Waals surface area contributed by atoms with E-state index in [1.54, 1.807) is 0 Å². The molecule has 102 valence electrons. The summed E-state index contributed by atoms with van der Waals surface area (Å²) in [6.07, 6.45) is 1.08. The van der Waals surface area contributed by atoms with Gasteiger partial charge < -0.3 is 5.32 Å². The lowest BCUT2D eigenvalue weighted by Gasteiger charge is -2.25. The van der Waals surface area contributed by atoms with Crippen LogP contribution in [0, 0.1) is 0 Å². The van der Waals surface area contributed by atoms with Gasteiger partial charge in [-0.15, -0.1) is 11.3 Å². The molecule has 2 unspecified atom stereocenters. The third kappa shape index (κ3) is 4.16. The highest BCUT2D eigenvalue weighted by atomic mass is 79.9. The van der Waals surface area contributed by atoms with E-state index in [0.29, 0.717) is 12.0 Å². The molecule has 3 heteroatoms. The molecule has 2 aromatic rings. The van der Waals surface area contributed by atoms with Gasteiger partial charge in [0.05, 0.1) is 0 Å². The van der Waals surface area contributed by atoms with E-state index in [1.807, 2.05) is 11.3 Å². The van der Waals surface area contributed by atoms with Crippen LogP contribution in [0.25, 0.3) is 0 Å². The Labute approximate surface area is 128 Å². The first-order chi connectivity index (χ1) is 9.20. The number of benzene rings is 1. The van der Waals surface area contributed by atoms with E-state index >= 15 is 0 Å². The Kier molecular flexibility index (Phi) is 5.61. The normalized spacial score (nSPS) is 14.3. The lowest BCUT2D eigenvalue weighted by molar-refractivity contribution is 0.460. The standard InChI is InChI=1S/C16H20BrNS/c1-3-18-16(10-15-9-14(17)11-19-15)12(2)13-7-5-4-6-8-13/h4-9,11-12,16,18H,3,10H2,1-2H3. The van der Waals surface area contributed by atoms with Crippen LogP contribution in [0.3, 0.4) is 0 Å². The number of halogens is 1. The summed E-state index contributed by atoms with van der Waals surface area (Å²) < 4.78 is 1.19. The van der Waals surface area contributed by atoms with Gasteiger partial charge in [0, 0.05) is 20.8 Å². The Morgan fingerprint density at radius 1 is 1.26 bits per heavy atom. The minimum atomic E-state index is 0.484. The molecular formula is C16H20BrNS. The maximum absolute atomic E-state index is 3.63. The molecule has 1 N–H and O–H groups in total. The van der Waals surface area contributed by atoms with Crippen LogP contribution in [-0.2, 0) is 6.42 Å². The van der Waals surface area contributed by atoms with Crippen LogP contribution in [0.1, 0.15) is 30.2 Å². The van der Waals surface area contributed by atoms with Gasteiger partial charge in [-0.2, -0.15) is 0 Å². The quantitative estimate of drug-likeness (QED) is 0.795. The van der Waals surface area contributed by atoms with E-state index < -0.39 is 0 Å². The molecule has 0 radical (unpaired) electrons. The molecule has 0 aliphatic carbocycles. The highest BCUT2D eigenvalue weighted by Crippen LogP contribution is 2.26. The van der Waals surface area contributed by atoms with E-state index in [4.69, 9.17) is 0 Å². The van der Waals surface area contributed by atoms with Crippen molar-refractivity contribution in [1.82, 2.24) is 5.32 Å². The molecule has 0 aliphatic heterocycles. The van der Waals surface area contributed by atoms with Gasteiger partial charge in [-0.1, -0.05) is 44.2 Å². The maximum Gasteiger partial charge on any atom is 0.0285 e. The van der Waals surface area contributed by atoms with Crippen molar-refractivity contribution in [3.05, 3.63) is 56.7 Å². The van der Waals surface area contributed by atoms with E-state index in [9.17, 15) is 0 Å². The van der Waals surface area contributed by atoms with E-state index in [0.717, 1.165) is 13.0 Å². The van der Waals surface area contributed by atoms with Gasteiger partial charge in [0.25, 0.3) is 0 Å². The van der Waals surface area contributed by atoms with Gasteiger partial charge in [0.15, 0.2) is 0 Å². The molecule has 0 bridgehead atoms. The lowest BCUT2D eigenvalue weighted by atomic mass is 9.91.